The Bertz CT molecular complexity index is 998. The summed E-state index contributed by atoms with van der Waals surface area (Å²) < 4.78 is 42.5. The quantitative estimate of drug-likeness (QED) is 0.370. The molecule has 31 heavy (non-hydrogen) atoms. The number of amides is 3. The summed E-state index contributed by atoms with van der Waals surface area (Å²) in [6.07, 6.45) is 2.79. The molecule has 1 fully saturated rings. The Morgan fingerprint density at radius 1 is 1.19 bits per heavy atom. The average Bonchev–Trinajstić information content (AvgIpc) is 2.91. The molecule has 1 aromatic heterocycles. The number of imide groups is 1. The van der Waals surface area contributed by atoms with Crippen LogP contribution < -0.4 is 4.90 Å². The lowest BCUT2D eigenvalue weighted by molar-refractivity contribution is -0.119. The Morgan fingerprint density at radius 2 is 1.87 bits per heavy atom. The van der Waals surface area contributed by atoms with Crippen LogP contribution in [0.15, 0.2) is 47.6 Å². The standard InChI is InChI=1S/C20H18F3N3O4S/c1-3-30-18(28)16-10-24-9-8-13(16)11-25-12(2)17(27)26(19(25)29)14-4-6-15(7-5-14)31-20(21,22)23/h4-10,12H,3,11H2,1-2H3. The predicted octanol–water partition coefficient (Wildman–Crippen LogP) is 4.23. The Morgan fingerprint density at radius 3 is 2.48 bits per heavy atom. The molecule has 0 saturated carbocycles. The first-order valence-corrected chi connectivity index (χ1v) is 10.0. The summed E-state index contributed by atoms with van der Waals surface area (Å²) in [7, 11) is 0. The minimum Gasteiger partial charge on any atom is -0.462 e. The van der Waals surface area contributed by atoms with Crippen molar-refractivity contribution in [2.45, 2.75) is 36.8 Å². The van der Waals surface area contributed by atoms with Crippen molar-refractivity contribution in [2.75, 3.05) is 11.5 Å². The van der Waals surface area contributed by atoms with Crippen molar-refractivity contribution in [3.63, 3.8) is 0 Å². The summed E-state index contributed by atoms with van der Waals surface area (Å²) in [5.74, 6) is -1.11. The lowest BCUT2D eigenvalue weighted by Gasteiger charge is -2.20. The van der Waals surface area contributed by atoms with E-state index in [4.69, 9.17) is 4.74 Å². The number of urea groups is 1. The number of alkyl halides is 3. The number of rotatable bonds is 6. The molecular formula is C20H18F3N3O4S. The number of halogens is 3. The van der Waals surface area contributed by atoms with Crippen LogP contribution in [0.4, 0.5) is 23.7 Å². The van der Waals surface area contributed by atoms with E-state index in [0.717, 1.165) is 4.90 Å². The van der Waals surface area contributed by atoms with E-state index in [1.807, 2.05) is 0 Å². The van der Waals surface area contributed by atoms with Gasteiger partial charge < -0.3 is 9.64 Å². The monoisotopic (exact) mass is 453 g/mol. The van der Waals surface area contributed by atoms with E-state index in [2.05, 4.69) is 4.98 Å². The van der Waals surface area contributed by atoms with Gasteiger partial charge in [0.1, 0.15) is 6.04 Å². The maximum absolute atomic E-state index is 13.0. The molecule has 0 bridgehead atoms. The number of aromatic nitrogens is 1. The van der Waals surface area contributed by atoms with Crippen molar-refractivity contribution < 1.29 is 32.3 Å². The van der Waals surface area contributed by atoms with E-state index in [-0.39, 0.29) is 41.1 Å². The fourth-order valence-corrected chi connectivity index (χ4v) is 3.62. The molecule has 1 unspecified atom stereocenters. The first-order chi connectivity index (χ1) is 14.6. The molecule has 2 heterocycles. The summed E-state index contributed by atoms with van der Waals surface area (Å²) in [6, 6.07) is 5.06. The normalized spacial score (nSPS) is 16.7. The Kier molecular flexibility index (Phi) is 6.54. The lowest BCUT2D eigenvalue weighted by atomic mass is 10.1. The summed E-state index contributed by atoms with van der Waals surface area (Å²) in [5, 5.41) is 0. The van der Waals surface area contributed by atoms with Crippen LogP contribution in [0, 0.1) is 0 Å². The van der Waals surface area contributed by atoms with Crippen LogP contribution in [-0.2, 0) is 16.1 Å². The zero-order valence-corrected chi connectivity index (χ0v) is 17.4. The van der Waals surface area contributed by atoms with Gasteiger partial charge in [0.2, 0.25) is 0 Å². The van der Waals surface area contributed by atoms with Crippen LogP contribution in [-0.4, -0.2) is 45.9 Å². The maximum atomic E-state index is 13.0. The van der Waals surface area contributed by atoms with E-state index in [0.29, 0.717) is 5.56 Å². The van der Waals surface area contributed by atoms with E-state index in [1.165, 1.54) is 41.6 Å². The van der Waals surface area contributed by atoms with Crippen molar-refractivity contribution in [1.29, 1.82) is 0 Å². The first kappa shape index (κ1) is 22.6. The van der Waals surface area contributed by atoms with Crippen molar-refractivity contribution in [2.24, 2.45) is 0 Å². The van der Waals surface area contributed by atoms with Crippen LogP contribution >= 0.6 is 11.8 Å². The molecule has 2 aromatic rings. The number of anilines is 1. The van der Waals surface area contributed by atoms with Gasteiger partial charge in [-0.15, -0.1) is 0 Å². The Hall–Kier alpha value is -3.08. The number of hydrogen-bond acceptors (Lipinski definition) is 6. The van der Waals surface area contributed by atoms with Gasteiger partial charge in [0, 0.05) is 23.8 Å². The maximum Gasteiger partial charge on any atom is 0.446 e. The van der Waals surface area contributed by atoms with E-state index in [9.17, 15) is 27.6 Å². The molecule has 11 heteroatoms. The van der Waals surface area contributed by atoms with E-state index < -0.39 is 29.5 Å². The van der Waals surface area contributed by atoms with Crippen LogP contribution in [0.1, 0.15) is 29.8 Å². The van der Waals surface area contributed by atoms with Gasteiger partial charge in [0.25, 0.3) is 5.91 Å². The number of esters is 1. The van der Waals surface area contributed by atoms with Gasteiger partial charge in [0.05, 0.1) is 17.9 Å². The van der Waals surface area contributed by atoms with Gasteiger partial charge in [-0.05, 0) is 61.5 Å². The molecule has 1 saturated heterocycles. The summed E-state index contributed by atoms with van der Waals surface area (Å²) in [5.41, 5.74) is -3.63. The molecule has 0 aliphatic carbocycles. The third-order valence-electron chi connectivity index (χ3n) is 4.56. The number of pyridine rings is 1. The highest BCUT2D eigenvalue weighted by Crippen LogP contribution is 2.38. The summed E-state index contributed by atoms with van der Waals surface area (Å²) >= 11 is -0.284. The highest BCUT2D eigenvalue weighted by Gasteiger charge is 2.43. The smallest absolute Gasteiger partial charge is 0.446 e. The second-order valence-electron chi connectivity index (χ2n) is 6.56. The third kappa shape index (κ3) is 4.98. The fraction of sp³-hybridized carbons (Fsp3) is 0.300. The van der Waals surface area contributed by atoms with Gasteiger partial charge in [0.15, 0.2) is 0 Å². The van der Waals surface area contributed by atoms with Gasteiger partial charge >= 0.3 is 17.5 Å². The highest BCUT2D eigenvalue weighted by atomic mass is 32.2. The number of benzene rings is 1. The van der Waals surface area contributed by atoms with Crippen molar-refractivity contribution in [3.8, 4) is 0 Å². The van der Waals surface area contributed by atoms with E-state index in [1.54, 1.807) is 19.9 Å². The van der Waals surface area contributed by atoms with Crippen LogP contribution in [0.3, 0.4) is 0 Å². The second kappa shape index (κ2) is 8.96. The van der Waals surface area contributed by atoms with Gasteiger partial charge in [-0.1, -0.05) is 0 Å². The van der Waals surface area contributed by atoms with Gasteiger partial charge in [-0.25, -0.2) is 14.5 Å². The molecule has 7 nitrogen and oxygen atoms in total. The zero-order valence-electron chi connectivity index (χ0n) is 16.5. The molecule has 3 rings (SSSR count). The molecule has 1 aliphatic heterocycles. The van der Waals surface area contributed by atoms with Gasteiger partial charge in [-0.2, -0.15) is 13.2 Å². The SMILES string of the molecule is CCOC(=O)c1cnccc1CN1C(=O)N(c2ccc(SC(F)(F)F)cc2)C(=O)C1C. The summed E-state index contributed by atoms with van der Waals surface area (Å²) in [6.45, 7) is 3.33. The number of ether oxygens (including phenoxy) is 1. The molecule has 1 aliphatic rings. The molecule has 164 valence electrons. The summed E-state index contributed by atoms with van der Waals surface area (Å²) in [4.78, 5) is 43.9. The van der Waals surface area contributed by atoms with Crippen LogP contribution in [0.25, 0.3) is 0 Å². The van der Waals surface area contributed by atoms with Crippen molar-refractivity contribution in [3.05, 3.63) is 53.9 Å². The fourth-order valence-electron chi connectivity index (χ4n) is 3.08. The van der Waals surface area contributed by atoms with E-state index >= 15 is 0 Å². The number of thioether (sulfide) groups is 1. The van der Waals surface area contributed by atoms with Crippen LogP contribution in [0.5, 0.6) is 0 Å². The van der Waals surface area contributed by atoms with Crippen LogP contribution in [0.2, 0.25) is 0 Å². The zero-order chi connectivity index (χ0) is 22.8. The lowest BCUT2D eigenvalue weighted by Crippen LogP contribution is -2.34. The van der Waals surface area contributed by atoms with Gasteiger partial charge in [-0.3, -0.25) is 9.78 Å². The molecular weight excluding hydrogens is 435 g/mol. The molecule has 1 aromatic carbocycles. The topological polar surface area (TPSA) is 79.8 Å². The number of carbonyl (C=O) groups is 3. The largest absolute Gasteiger partial charge is 0.462 e. The molecule has 0 radical (unpaired) electrons. The number of hydrogen-bond donors (Lipinski definition) is 0. The number of nitrogens with zero attached hydrogens (tertiary/aromatic N) is 3. The Labute approximate surface area is 180 Å². The van der Waals surface area contributed by atoms with Crippen molar-refractivity contribution in [1.82, 2.24) is 9.88 Å². The molecule has 0 N–H and O–H groups in total. The predicted molar refractivity (Wildman–Crippen MR) is 106 cm³/mol. The second-order valence-corrected chi connectivity index (χ2v) is 7.69. The minimum absolute atomic E-state index is 0.0408. The van der Waals surface area contributed by atoms with Crippen molar-refractivity contribution >= 4 is 35.4 Å². The Balaban J connectivity index is 1.83. The average molecular weight is 453 g/mol. The minimum atomic E-state index is -4.44. The molecule has 1 atom stereocenters. The first-order valence-electron chi connectivity index (χ1n) is 9.22. The highest BCUT2D eigenvalue weighted by molar-refractivity contribution is 8.00. The molecule has 0 spiro atoms. The third-order valence-corrected chi connectivity index (χ3v) is 5.30. The number of carbonyl (C=O) groups excluding carboxylic acids is 3. The molecule has 3 amide bonds.